The summed E-state index contributed by atoms with van der Waals surface area (Å²) in [6, 6.07) is -0.732. The smallest absolute Gasteiger partial charge is 0.422 e. The molecule has 1 unspecified atom stereocenters. The highest BCUT2D eigenvalue weighted by Gasteiger charge is 2.25. The Kier molecular flexibility index (Phi) is 6.50. The lowest BCUT2D eigenvalue weighted by molar-refractivity contribution is 0.121. The van der Waals surface area contributed by atoms with Crippen molar-refractivity contribution in [3.05, 3.63) is 0 Å². The van der Waals surface area contributed by atoms with Gasteiger partial charge in [-0.25, -0.2) is 9.52 Å². The zero-order valence-electron chi connectivity index (χ0n) is 10.8. The van der Waals surface area contributed by atoms with Crippen molar-refractivity contribution in [1.29, 1.82) is 0 Å². The van der Waals surface area contributed by atoms with Crippen molar-refractivity contribution < 1.29 is 17.9 Å². The summed E-state index contributed by atoms with van der Waals surface area (Å²) in [5.41, 5.74) is 5.42. The highest BCUT2D eigenvalue weighted by molar-refractivity contribution is 7.88. The molecular weight excluding hydrogens is 278 g/mol. The highest BCUT2D eigenvalue weighted by Crippen LogP contribution is 2.03. The number of nitrogens with one attached hydrogen (secondary N) is 2. The molecule has 0 spiro atoms. The van der Waals surface area contributed by atoms with Crippen LogP contribution in [0.4, 0.5) is 4.79 Å². The quantitative estimate of drug-likeness (QED) is 0.607. The van der Waals surface area contributed by atoms with Gasteiger partial charge in [0, 0.05) is 0 Å². The van der Waals surface area contributed by atoms with Gasteiger partial charge in [0.1, 0.15) is 0 Å². The van der Waals surface area contributed by atoms with Gasteiger partial charge in [0.15, 0.2) is 0 Å². The Morgan fingerprint density at radius 3 is 2.11 bits per heavy atom. The molecule has 4 N–H and O–H groups in total. The molecule has 0 fully saturated rings. The minimum atomic E-state index is -4.06. The van der Waals surface area contributed by atoms with Gasteiger partial charge >= 0.3 is 16.3 Å². The first-order valence-electron chi connectivity index (χ1n) is 5.35. The van der Waals surface area contributed by atoms with Gasteiger partial charge in [0.05, 0.1) is 17.1 Å². The third kappa shape index (κ3) is 6.72. The maximum atomic E-state index is 11.6. The molecule has 18 heavy (non-hydrogen) atoms. The van der Waals surface area contributed by atoms with E-state index in [-0.39, 0.29) is 10.9 Å². The van der Waals surface area contributed by atoms with E-state index in [2.05, 4.69) is 9.46 Å². The van der Waals surface area contributed by atoms with Gasteiger partial charge in [-0.15, -0.1) is 0 Å². The summed E-state index contributed by atoms with van der Waals surface area (Å²) in [6.45, 7) is 6.70. The largest absolute Gasteiger partial charge is 0.446 e. The third-order valence-corrected chi connectivity index (χ3v) is 3.07. The normalized spacial score (nSPS) is 13.4. The van der Waals surface area contributed by atoms with E-state index in [0.29, 0.717) is 0 Å². The van der Waals surface area contributed by atoms with E-state index >= 15 is 0 Å². The first-order chi connectivity index (χ1) is 8.05. The second-order valence-corrected chi connectivity index (χ2v) is 6.22. The van der Waals surface area contributed by atoms with Crippen LogP contribution in [0.5, 0.6) is 0 Å². The van der Waals surface area contributed by atoms with Gasteiger partial charge in [-0.05, 0) is 19.8 Å². The van der Waals surface area contributed by atoms with Crippen molar-refractivity contribution in [3.63, 3.8) is 0 Å². The van der Waals surface area contributed by atoms with Crippen LogP contribution in [-0.2, 0) is 14.9 Å². The number of rotatable bonds is 6. The van der Waals surface area contributed by atoms with Crippen LogP contribution in [0.25, 0.3) is 0 Å². The summed E-state index contributed by atoms with van der Waals surface area (Å²) in [7, 11) is -4.06. The van der Waals surface area contributed by atoms with Gasteiger partial charge in [-0.3, -0.25) is 0 Å². The van der Waals surface area contributed by atoms with Crippen molar-refractivity contribution in [1.82, 2.24) is 9.44 Å². The number of ether oxygens (including phenoxy) is 1. The second kappa shape index (κ2) is 6.86. The lowest BCUT2D eigenvalue weighted by atomic mass is 10.1. The molecule has 0 aromatic heterocycles. The maximum absolute atomic E-state index is 11.6. The third-order valence-electron chi connectivity index (χ3n) is 1.82. The summed E-state index contributed by atoms with van der Waals surface area (Å²) in [4.78, 5) is 11.2. The highest BCUT2D eigenvalue weighted by atomic mass is 32.2. The van der Waals surface area contributed by atoms with Crippen molar-refractivity contribution in [2.24, 2.45) is 11.7 Å². The van der Waals surface area contributed by atoms with E-state index in [9.17, 15) is 13.2 Å². The van der Waals surface area contributed by atoms with E-state index in [4.69, 9.17) is 18.0 Å². The summed E-state index contributed by atoms with van der Waals surface area (Å²) >= 11 is 4.75. The number of hydrogen-bond acceptors (Lipinski definition) is 5. The summed E-state index contributed by atoms with van der Waals surface area (Å²) in [5.74, 6) is -0.139. The molecule has 0 saturated heterocycles. The van der Waals surface area contributed by atoms with E-state index in [1.807, 2.05) is 0 Å². The molecule has 0 aromatic carbocycles. The van der Waals surface area contributed by atoms with Crippen molar-refractivity contribution >= 4 is 33.5 Å². The standard InChI is InChI=1S/C9H19N3O4S2/c1-5(2)7(8(10)17)11-18(14,15)12-9(13)16-6(3)4/h5-7,11H,1-4H3,(H2,10,17)(H,12,13). The predicted octanol–water partition coefficient (Wildman–Crippen LogP) is 0.266. The zero-order valence-corrected chi connectivity index (χ0v) is 12.4. The lowest BCUT2D eigenvalue weighted by Crippen LogP contribution is -2.52. The summed E-state index contributed by atoms with van der Waals surface area (Å²) in [5, 5.41) is 0. The molecule has 0 aliphatic rings. The van der Waals surface area contributed by atoms with E-state index < -0.39 is 28.4 Å². The van der Waals surface area contributed by atoms with Crippen LogP contribution in [0, 0.1) is 5.92 Å². The number of carbonyl (C=O) groups excluding carboxylic acids is 1. The molecule has 0 aromatic rings. The Bertz CT molecular complexity index is 406. The average molecular weight is 297 g/mol. The minimum absolute atomic E-state index is 0.00704. The molecule has 106 valence electrons. The van der Waals surface area contributed by atoms with Crippen molar-refractivity contribution in [3.8, 4) is 0 Å². The van der Waals surface area contributed by atoms with Gasteiger partial charge in [-0.1, -0.05) is 26.1 Å². The predicted molar refractivity (Wildman–Crippen MR) is 72.2 cm³/mol. The monoisotopic (exact) mass is 297 g/mol. The van der Waals surface area contributed by atoms with E-state index in [0.717, 1.165) is 0 Å². The van der Waals surface area contributed by atoms with Crippen LogP contribution in [0.15, 0.2) is 0 Å². The lowest BCUT2D eigenvalue weighted by Gasteiger charge is -2.21. The molecule has 9 heteroatoms. The van der Waals surface area contributed by atoms with Gasteiger partial charge in [0.2, 0.25) is 0 Å². The fourth-order valence-electron chi connectivity index (χ4n) is 1.07. The van der Waals surface area contributed by atoms with Crippen molar-refractivity contribution in [2.75, 3.05) is 0 Å². The fourth-order valence-corrected chi connectivity index (χ4v) is 2.53. The first-order valence-corrected chi connectivity index (χ1v) is 7.24. The molecule has 0 aliphatic carbocycles. The molecule has 1 amide bonds. The molecular formula is C9H19N3O4S2. The molecule has 7 nitrogen and oxygen atoms in total. The number of thiocarbonyl (C=S) groups is 1. The van der Waals surface area contributed by atoms with E-state index in [1.54, 1.807) is 32.4 Å². The Morgan fingerprint density at radius 2 is 1.78 bits per heavy atom. The molecule has 0 rings (SSSR count). The maximum Gasteiger partial charge on any atom is 0.422 e. The SMILES string of the molecule is CC(C)OC(=O)NS(=O)(=O)NC(C(N)=S)C(C)C. The first kappa shape index (κ1) is 17.1. The van der Waals surface area contributed by atoms with Gasteiger partial charge < -0.3 is 10.5 Å². The number of nitrogens with two attached hydrogens (primary N) is 1. The van der Waals surface area contributed by atoms with Crippen LogP contribution in [0.1, 0.15) is 27.7 Å². The van der Waals surface area contributed by atoms with Gasteiger partial charge in [0.25, 0.3) is 0 Å². The Hall–Kier alpha value is -0.930. The molecule has 0 saturated carbocycles. The van der Waals surface area contributed by atoms with Crippen LogP contribution in [-0.4, -0.2) is 31.6 Å². The zero-order chi connectivity index (χ0) is 14.5. The number of amides is 1. The molecule has 0 heterocycles. The second-order valence-electron chi connectivity index (χ2n) is 4.30. The van der Waals surface area contributed by atoms with Crippen LogP contribution in [0.2, 0.25) is 0 Å². The number of hydrogen-bond donors (Lipinski definition) is 3. The Morgan fingerprint density at radius 1 is 1.28 bits per heavy atom. The molecule has 0 bridgehead atoms. The Balaban J connectivity index is 4.65. The fraction of sp³-hybridized carbons (Fsp3) is 0.778. The molecule has 0 aliphatic heterocycles. The number of carbonyl (C=O) groups is 1. The summed E-state index contributed by atoms with van der Waals surface area (Å²) < 4.78 is 31.8. The topological polar surface area (TPSA) is 111 Å². The van der Waals surface area contributed by atoms with Crippen LogP contribution < -0.4 is 15.2 Å². The summed E-state index contributed by atoms with van der Waals surface area (Å²) in [6.07, 6.45) is -1.47. The van der Waals surface area contributed by atoms with Gasteiger partial charge in [-0.2, -0.15) is 13.1 Å². The van der Waals surface area contributed by atoms with Crippen molar-refractivity contribution in [2.45, 2.75) is 39.8 Å². The van der Waals surface area contributed by atoms with E-state index in [1.165, 1.54) is 0 Å². The Labute approximate surface area is 113 Å². The minimum Gasteiger partial charge on any atom is -0.446 e. The average Bonchev–Trinajstić information content (AvgIpc) is 2.10. The van der Waals surface area contributed by atoms with Crippen LogP contribution in [0.3, 0.4) is 0 Å². The molecule has 0 radical (unpaired) electrons. The van der Waals surface area contributed by atoms with Crippen LogP contribution >= 0.6 is 12.2 Å². The molecule has 1 atom stereocenters.